The molecule has 0 aromatic carbocycles. The van der Waals surface area contributed by atoms with Crippen LogP contribution in [0.5, 0.6) is 0 Å². The van der Waals surface area contributed by atoms with Crippen LogP contribution in [0.15, 0.2) is 18.3 Å². The third-order valence-corrected chi connectivity index (χ3v) is 2.86. The molecule has 1 rings (SSSR count). The average molecular weight is 221 g/mol. The number of aryl methyl sites for hydroxylation is 1. The summed E-state index contributed by atoms with van der Waals surface area (Å²) in [7, 11) is 0. The molecule has 90 valence electrons. The van der Waals surface area contributed by atoms with Crippen LogP contribution < -0.4 is 0 Å². The highest BCUT2D eigenvalue weighted by Crippen LogP contribution is 2.10. The van der Waals surface area contributed by atoms with Gasteiger partial charge in [-0.15, -0.1) is 0 Å². The van der Waals surface area contributed by atoms with Crippen LogP contribution >= 0.6 is 0 Å². The van der Waals surface area contributed by atoms with Crippen molar-refractivity contribution in [1.29, 1.82) is 0 Å². The highest BCUT2D eigenvalue weighted by Gasteiger charge is 1.96. The third-order valence-electron chi connectivity index (χ3n) is 2.86. The molecule has 1 aromatic rings. The van der Waals surface area contributed by atoms with Crippen molar-refractivity contribution < 1.29 is 5.11 Å². The van der Waals surface area contributed by atoms with Gasteiger partial charge in [0, 0.05) is 6.20 Å². The molecule has 1 aromatic heterocycles. The molecule has 0 aliphatic carbocycles. The lowest BCUT2D eigenvalue weighted by Gasteiger charge is -2.03. The predicted octanol–water partition coefficient (Wildman–Crippen LogP) is 3.48. The van der Waals surface area contributed by atoms with Gasteiger partial charge in [0.25, 0.3) is 0 Å². The van der Waals surface area contributed by atoms with Crippen molar-refractivity contribution in [2.45, 2.75) is 58.5 Å². The van der Waals surface area contributed by atoms with E-state index in [1.807, 2.05) is 12.1 Å². The van der Waals surface area contributed by atoms with Crippen LogP contribution in [0.25, 0.3) is 0 Å². The minimum Gasteiger partial charge on any atom is -0.390 e. The van der Waals surface area contributed by atoms with Gasteiger partial charge in [-0.3, -0.25) is 4.98 Å². The molecule has 0 amide bonds. The Labute approximate surface area is 98.7 Å². The third kappa shape index (κ3) is 5.26. The van der Waals surface area contributed by atoms with Gasteiger partial charge >= 0.3 is 0 Å². The Hall–Kier alpha value is -0.890. The van der Waals surface area contributed by atoms with Gasteiger partial charge in [-0.25, -0.2) is 0 Å². The Morgan fingerprint density at radius 1 is 1.12 bits per heavy atom. The highest BCUT2D eigenvalue weighted by molar-refractivity contribution is 5.15. The van der Waals surface area contributed by atoms with Crippen LogP contribution in [0.1, 0.15) is 56.7 Å². The molecule has 0 aliphatic heterocycles. The number of aliphatic hydroxyl groups excluding tert-OH is 1. The van der Waals surface area contributed by atoms with Crippen molar-refractivity contribution in [2.24, 2.45) is 0 Å². The van der Waals surface area contributed by atoms with Crippen molar-refractivity contribution >= 4 is 0 Å². The number of aromatic nitrogens is 1. The van der Waals surface area contributed by atoms with Crippen LogP contribution in [0.4, 0.5) is 0 Å². The van der Waals surface area contributed by atoms with Crippen LogP contribution in [0, 0.1) is 0 Å². The Kier molecular flexibility index (Phi) is 6.82. The summed E-state index contributed by atoms with van der Waals surface area (Å²) in [6, 6.07) is 4.05. The summed E-state index contributed by atoms with van der Waals surface area (Å²) >= 11 is 0. The van der Waals surface area contributed by atoms with E-state index in [1.165, 1.54) is 44.1 Å². The highest BCUT2D eigenvalue weighted by atomic mass is 16.3. The lowest BCUT2D eigenvalue weighted by Crippen LogP contribution is -1.92. The molecule has 0 fully saturated rings. The number of rotatable bonds is 8. The first-order chi connectivity index (χ1) is 7.86. The minimum atomic E-state index is 0.0460. The van der Waals surface area contributed by atoms with E-state index in [-0.39, 0.29) is 6.61 Å². The maximum atomic E-state index is 8.97. The number of hydrogen-bond donors (Lipinski definition) is 1. The normalized spacial score (nSPS) is 10.6. The van der Waals surface area contributed by atoms with Gasteiger partial charge in [-0.1, -0.05) is 39.0 Å². The summed E-state index contributed by atoms with van der Waals surface area (Å²) in [5.41, 5.74) is 2.08. The molecule has 16 heavy (non-hydrogen) atoms. The fraction of sp³-hybridized carbons (Fsp3) is 0.643. The van der Waals surface area contributed by atoms with E-state index < -0.39 is 0 Å². The second-order valence-corrected chi connectivity index (χ2v) is 4.33. The van der Waals surface area contributed by atoms with E-state index in [4.69, 9.17) is 5.11 Å². The van der Waals surface area contributed by atoms with Crippen LogP contribution in [0.3, 0.4) is 0 Å². The lowest BCUT2D eigenvalue weighted by atomic mass is 10.1. The second kappa shape index (κ2) is 8.28. The first-order valence-electron chi connectivity index (χ1n) is 6.41. The number of aliphatic hydroxyl groups is 1. The molecule has 0 aliphatic rings. The van der Waals surface area contributed by atoms with Crippen LogP contribution in [-0.4, -0.2) is 10.1 Å². The Balaban J connectivity index is 2.16. The fourth-order valence-corrected chi connectivity index (χ4v) is 1.88. The largest absolute Gasteiger partial charge is 0.390 e. The maximum absolute atomic E-state index is 8.97. The number of hydrogen-bond acceptors (Lipinski definition) is 2. The van der Waals surface area contributed by atoms with E-state index in [1.54, 1.807) is 6.20 Å². The first-order valence-corrected chi connectivity index (χ1v) is 6.41. The summed E-state index contributed by atoms with van der Waals surface area (Å²) in [4.78, 5) is 4.08. The predicted molar refractivity (Wildman–Crippen MR) is 67.2 cm³/mol. The molecular weight excluding hydrogens is 198 g/mol. The molecule has 0 atom stereocenters. The molecule has 0 radical (unpaired) electrons. The number of pyridine rings is 1. The molecular formula is C14H23NO. The van der Waals surface area contributed by atoms with E-state index in [0.29, 0.717) is 0 Å². The van der Waals surface area contributed by atoms with E-state index >= 15 is 0 Å². The molecule has 0 bridgehead atoms. The topological polar surface area (TPSA) is 33.1 Å². The smallest absolute Gasteiger partial charge is 0.0853 e. The van der Waals surface area contributed by atoms with Gasteiger partial charge in [-0.05, 0) is 30.5 Å². The average Bonchev–Trinajstić information content (AvgIpc) is 2.34. The second-order valence-electron chi connectivity index (χ2n) is 4.33. The van der Waals surface area contributed by atoms with Gasteiger partial charge in [0.2, 0.25) is 0 Å². The van der Waals surface area contributed by atoms with Crippen molar-refractivity contribution in [3.05, 3.63) is 29.6 Å². The van der Waals surface area contributed by atoms with Gasteiger partial charge in [0.05, 0.1) is 12.3 Å². The first kappa shape index (κ1) is 13.2. The fourth-order valence-electron chi connectivity index (χ4n) is 1.88. The molecule has 1 N–H and O–H groups in total. The zero-order chi connectivity index (χ0) is 11.6. The molecule has 0 spiro atoms. The molecule has 1 heterocycles. The van der Waals surface area contributed by atoms with Crippen molar-refractivity contribution in [2.75, 3.05) is 0 Å². The molecule has 0 unspecified atom stereocenters. The van der Waals surface area contributed by atoms with Gasteiger partial charge < -0.3 is 5.11 Å². The van der Waals surface area contributed by atoms with Crippen LogP contribution in [-0.2, 0) is 13.0 Å². The Bertz CT molecular complexity index is 286. The van der Waals surface area contributed by atoms with Gasteiger partial charge in [0.1, 0.15) is 0 Å². The maximum Gasteiger partial charge on any atom is 0.0853 e. The SMILES string of the molecule is CCCCCCCCc1ccnc(CO)c1. The Morgan fingerprint density at radius 3 is 2.62 bits per heavy atom. The number of unbranched alkanes of at least 4 members (excludes halogenated alkanes) is 5. The van der Waals surface area contributed by atoms with Gasteiger partial charge in [0.15, 0.2) is 0 Å². The molecule has 2 heteroatoms. The molecule has 0 saturated heterocycles. The summed E-state index contributed by atoms with van der Waals surface area (Å²) in [5, 5.41) is 8.97. The van der Waals surface area contributed by atoms with Gasteiger partial charge in [-0.2, -0.15) is 0 Å². The van der Waals surface area contributed by atoms with E-state index in [0.717, 1.165) is 12.1 Å². The summed E-state index contributed by atoms with van der Waals surface area (Å²) in [6.45, 7) is 2.29. The van der Waals surface area contributed by atoms with Crippen LogP contribution in [0.2, 0.25) is 0 Å². The quantitative estimate of drug-likeness (QED) is 0.682. The zero-order valence-electron chi connectivity index (χ0n) is 10.3. The minimum absolute atomic E-state index is 0.0460. The van der Waals surface area contributed by atoms with E-state index in [9.17, 15) is 0 Å². The molecule has 2 nitrogen and oxygen atoms in total. The number of nitrogens with zero attached hydrogens (tertiary/aromatic N) is 1. The lowest BCUT2D eigenvalue weighted by molar-refractivity contribution is 0.276. The summed E-state index contributed by atoms with van der Waals surface area (Å²) in [5.74, 6) is 0. The zero-order valence-corrected chi connectivity index (χ0v) is 10.3. The Morgan fingerprint density at radius 2 is 1.88 bits per heavy atom. The molecule has 0 saturated carbocycles. The van der Waals surface area contributed by atoms with Crippen molar-refractivity contribution in [1.82, 2.24) is 4.98 Å². The summed E-state index contributed by atoms with van der Waals surface area (Å²) < 4.78 is 0. The summed E-state index contributed by atoms with van der Waals surface area (Å²) in [6.07, 6.45) is 10.9. The monoisotopic (exact) mass is 221 g/mol. The standard InChI is InChI=1S/C14H23NO/c1-2-3-4-5-6-7-8-13-9-10-15-14(11-13)12-16/h9-11,16H,2-8,12H2,1H3. The van der Waals surface area contributed by atoms with Crippen molar-refractivity contribution in [3.8, 4) is 0 Å². The van der Waals surface area contributed by atoms with E-state index in [2.05, 4.69) is 11.9 Å². The van der Waals surface area contributed by atoms with Crippen molar-refractivity contribution in [3.63, 3.8) is 0 Å².